The van der Waals surface area contributed by atoms with Gasteiger partial charge >= 0.3 is 0 Å². The average molecular weight is 344 g/mol. The van der Waals surface area contributed by atoms with Gasteiger partial charge in [0.2, 0.25) is 0 Å². The molecule has 0 aromatic heterocycles. The third-order valence-electron chi connectivity index (χ3n) is 8.73. The molecule has 4 heteroatoms. The van der Waals surface area contributed by atoms with E-state index < -0.39 is 0 Å². The zero-order chi connectivity index (χ0) is 17.6. The molecule has 4 aliphatic carbocycles. The maximum Gasteiger partial charge on any atom is 0.178 e. The topological polar surface area (TPSA) is 55.8 Å². The summed E-state index contributed by atoms with van der Waals surface area (Å²) < 4.78 is 12.0. The number of carbonyl (C=O) groups is 1. The molecule has 0 aromatic carbocycles. The van der Waals surface area contributed by atoms with Gasteiger partial charge in [-0.3, -0.25) is 4.79 Å². The molecule has 136 valence electrons. The Morgan fingerprint density at radius 2 is 2.08 bits per heavy atom. The maximum atomic E-state index is 11.9. The first kappa shape index (κ1) is 16.2. The van der Waals surface area contributed by atoms with Crippen molar-refractivity contribution in [1.29, 1.82) is 0 Å². The number of carbonyl (C=O) groups excluding carboxylic acids is 1. The molecule has 5 rings (SSSR count). The molecule has 3 saturated carbocycles. The van der Waals surface area contributed by atoms with Crippen molar-refractivity contribution in [3.8, 4) is 0 Å². The third-order valence-corrected chi connectivity index (χ3v) is 8.73. The monoisotopic (exact) mass is 344 g/mol. The van der Waals surface area contributed by atoms with Crippen molar-refractivity contribution < 1.29 is 19.4 Å². The molecule has 4 nitrogen and oxygen atoms in total. The van der Waals surface area contributed by atoms with Crippen LogP contribution in [-0.4, -0.2) is 35.5 Å². The number of hydrogen-bond donors (Lipinski definition) is 1. The first-order chi connectivity index (χ1) is 11.8. The fourth-order valence-electron chi connectivity index (χ4n) is 7.22. The number of allylic oxidation sites excluding steroid dienone is 4. The molecule has 0 bridgehead atoms. The average Bonchev–Trinajstić information content (AvgIpc) is 3.02. The molecule has 0 radical (unpaired) electrons. The van der Waals surface area contributed by atoms with Gasteiger partial charge < -0.3 is 14.6 Å². The molecule has 5 aliphatic rings. The van der Waals surface area contributed by atoms with E-state index in [4.69, 9.17) is 9.47 Å². The van der Waals surface area contributed by atoms with E-state index >= 15 is 0 Å². The summed E-state index contributed by atoms with van der Waals surface area (Å²) in [5.74, 6) is 1.21. The molecule has 8 atom stereocenters. The Kier molecular flexibility index (Phi) is 3.14. The number of aliphatic hydroxyl groups is 1. The largest absolute Gasteiger partial charge is 0.393 e. The smallest absolute Gasteiger partial charge is 0.178 e. The van der Waals surface area contributed by atoms with Crippen LogP contribution in [0.3, 0.4) is 0 Å². The van der Waals surface area contributed by atoms with Crippen LogP contribution >= 0.6 is 0 Å². The highest BCUT2D eigenvalue weighted by Gasteiger charge is 2.70. The van der Waals surface area contributed by atoms with Gasteiger partial charge in [-0.15, -0.1) is 0 Å². The summed E-state index contributed by atoms with van der Waals surface area (Å²) in [4.78, 5) is 11.9. The molecular weight excluding hydrogens is 316 g/mol. The lowest BCUT2D eigenvalue weighted by atomic mass is 9.46. The first-order valence-corrected chi connectivity index (χ1v) is 9.67. The molecule has 4 fully saturated rings. The highest BCUT2D eigenvalue weighted by Crippen LogP contribution is 2.68. The van der Waals surface area contributed by atoms with Crippen LogP contribution in [0.1, 0.15) is 46.5 Å². The lowest BCUT2D eigenvalue weighted by Gasteiger charge is -2.59. The lowest BCUT2D eigenvalue weighted by molar-refractivity contribution is -0.169. The fraction of sp³-hybridized carbons (Fsp3) is 0.762. The van der Waals surface area contributed by atoms with Crippen molar-refractivity contribution in [1.82, 2.24) is 0 Å². The van der Waals surface area contributed by atoms with Crippen LogP contribution in [0.4, 0.5) is 0 Å². The number of hydrogen-bond acceptors (Lipinski definition) is 4. The highest BCUT2D eigenvalue weighted by molar-refractivity contribution is 6.01. The number of ketones is 1. The van der Waals surface area contributed by atoms with Gasteiger partial charge in [0.15, 0.2) is 5.78 Å². The van der Waals surface area contributed by atoms with Gasteiger partial charge in [-0.2, -0.15) is 0 Å². The Labute approximate surface area is 149 Å². The predicted molar refractivity (Wildman–Crippen MR) is 92.6 cm³/mol. The highest BCUT2D eigenvalue weighted by atomic mass is 16.7. The van der Waals surface area contributed by atoms with Gasteiger partial charge in [-0.05, 0) is 56.6 Å². The molecular formula is C21H28O4. The normalized spacial score (nSPS) is 56.7. The van der Waals surface area contributed by atoms with Gasteiger partial charge in [-0.1, -0.05) is 25.5 Å². The Morgan fingerprint density at radius 1 is 1.28 bits per heavy atom. The Morgan fingerprint density at radius 3 is 2.88 bits per heavy atom. The lowest BCUT2D eigenvalue weighted by Crippen LogP contribution is -2.59. The van der Waals surface area contributed by atoms with E-state index in [1.165, 1.54) is 5.57 Å². The second-order valence-electron chi connectivity index (χ2n) is 9.47. The second kappa shape index (κ2) is 4.85. The molecule has 0 aromatic rings. The van der Waals surface area contributed by atoms with Crippen LogP contribution in [0.15, 0.2) is 23.8 Å². The second-order valence-corrected chi connectivity index (χ2v) is 9.47. The molecule has 1 heterocycles. The molecule has 8 unspecified atom stereocenters. The minimum absolute atomic E-state index is 0.0550. The summed E-state index contributed by atoms with van der Waals surface area (Å²) in [7, 11) is 0. The van der Waals surface area contributed by atoms with E-state index in [-0.39, 0.29) is 40.3 Å². The van der Waals surface area contributed by atoms with E-state index in [2.05, 4.69) is 26.8 Å². The Hall–Kier alpha value is -0.970. The number of aliphatic hydroxyl groups excluding tert-OH is 1. The van der Waals surface area contributed by atoms with Crippen LogP contribution in [0.5, 0.6) is 0 Å². The van der Waals surface area contributed by atoms with Crippen LogP contribution in [0, 0.1) is 28.6 Å². The summed E-state index contributed by atoms with van der Waals surface area (Å²) in [6.45, 7) is 7.09. The third kappa shape index (κ3) is 1.81. The maximum absolute atomic E-state index is 11.9. The zero-order valence-corrected chi connectivity index (χ0v) is 15.3. The van der Waals surface area contributed by atoms with Crippen molar-refractivity contribution in [3.63, 3.8) is 0 Å². The van der Waals surface area contributed by atoms with Crippen LogP contribution in [0.25, 0.3) is 0 Å². The summed E-state index contributed by atoms with van der Waals surface area (Å²) >= 11 is 0. The van der Waals surface area contributed by atoms with E-state index in [0.717, 1.165) is 25.7 Å². The van der Waals surface area contributed by atoms with Crippen molar-refractivity contribution >= 4 is 5.78 Å². The van der Waals surface area contributed by atoms with Crippen LogP contribution < -0.4 is 0 Å². The SMILES string of the molecule is CC12C=CC(=O)C=C1CCC1C2C(O)CC2(C)C1CC1OCOC12C. The number of rotatable bonds is 0. The van der Waals surface area contributed by atoms with Crippen molar-refractivity contribution in [2.75, 3.05) is 6.79 Å². The molecule has 0 spiro atoms. The van der Waals surface area contributed by atoms with E-state index in [0.29, 0.717) is 18.6 Å². The van der Waals surface area contributed by atoms with Gasteiger partial charge in [0.1, 0.15) is 12.4 Å². The fourth-order valence-corrected chi connectivity index (χ4v) is 7.22. The predicted octanol–water partition coefficient (Wildman–Crippen LogP) is 3.01. The quantitative estimate of drug-likeness (QED) is 0.734. The van der Waals surface area contributed by atoms with E-state index in [1.807, 2.05) is 6.08 Å². The molecule has 25 heavy (non-hydrogen) atoms. The standard InChI is InChI=1S/C21H28O4/c1-19-7-6-13(22)8-12(19)4-5-14-15-9-17-21(3,25-11-24-17)20(15,2)10-16(23)18(14)19/h6-8,14-18,23H,4-5,9-11H2,1-3H3. The van der Waals surface area contributed by atoms with Gasteiger partial charge in [0, 0.05) is 16.7 Å². The number of fused-ring (bicyclic) bond motifs is 7. The molecule has 0 amide bonds. The van der Waals surface area contributed by atoms with Crippen molar-refractivity contribution in [2.45, 2.75) is 64.3 Å². The summed E-state index contributed by atoms with van der Waals surface area (Å²) in [6, 6.07) is 0. The first-order valence-electron chi connectivity index (χ1n) is 9.67. The summed E-state index contributed by atoms with van der Waals surface area (Å²) in [5.41, 5.74) is 0.665. The van der Waals surface area contributed by atoms with Gasteiger partial charge in [0.05, 0.1) is 12.2 Å². The number of ether oxygens (including phenoxy) is 2. The molecule has 1 saturated heterocycles. The van der Waals surface area contributed by atoms with E-state index in [9.17, 15) is 9.90 Å². The molecule has 1 N–H and O–H groups in total. The molecule has 1 aliphatic heterocycles. The van der Waals surface area contributed by atoms with Crippen LogP contribution in [0.2, 0.25) is 0 Å². The minimum atomic E-state index is -0.377. The van der Waals surface area contributed by atoms with Gasteiger partial charge in [0.25, 0.3) is 0 Å². The summed E-state index contributed by atoms with van der Waals surface area (Å²) in [6.07, 6.45) is 9.12. The Balaban J connectivity index is 1.57. The van der Waals surface area contributed by atoms with Crippen LogP contribution in [-0.2, 0) is 14.3 Å². The van der Waals surface area contributed by atoms with Crippen molar-refractivity contribution in [3.05, 3.63) is 23.8 Å². The Bertz CT molecular complexity index is 696. The zero-order valence-electron chi connectivity index (χ0n) is 15.3. The van der Waals surface area contributed by atoms with Gasteiger partial charge in [-0.25, -0.2) is 0 Å². The van der Waals surface area contributed by atoms with E-state index in [1.54, 1.807) is 6.08 Å². The van der Waals surface area contributed by atoms with Crippen molar-refractivity contribution in [2.24, 2.45) is 28.6 Å². The summed E-state index contributed by atoms with van der Waals surface area (Å²) in [5, 5.41) is 11.3. The minimum Gasteiger partial charge on any atom is -0.393 e.